The maximum atomic E-state index is 9.17. The molecule has 0 radical (unpaired) electrons. The first-order chi connectivity index (χ1) is 6.93. The maximum absolute atomic E-state index is 9.17. The summed E-state index contributed by atoms with van der Waals surface area (Å²) in [6.07, 6.45) is 1.98. The lowest BCUT2D eigenvalue weighted by atomic mass is 9.98. The zero-order valence-corrected chi connectivity index (χ0v) is 11.4. The molecule has 0 aliphatic rings. The third-order valence-corrected chi connectivity index (χ3v) is 3.39. The van der Waals surface area contributed by atoms with Crippen LogP contribution in [0.15, 0.2) is 0 Å². The van der Waals surface area contributed by atoms with Crippen molar-refractivity contribution < 1.29 is 0 Å². The number of nitrogens with one attached hydrogen (secondary N) is 1. The van der Waals surface area contributed by atoms with Crippen molar-refractivity contribution in [1.29, 1.82) is 5.26 Å². The first-order valence-corrected chi connectivity index (χ1v) is 6.69. The van der Waals surface area contributed by atoms with Crippen LogP contribution in [0.25, 0.3) is 0 Å². The lowest BCUT2D eigenvalue weighted by Crippen LogP contribution is -2.43. The SMILES string of the molecule is CCCNC(C)(C#N)CC(C)SC(C)C. The molecule has 0 amide bonds. The topological polar surface area (TPSA) is 35.8 Å². The van der Waals surface area contributed by atoms with Crippen molar-refractivity contribution in [3.8, 4) is 6.07 Å². The van der Waals surface area contributed by atoms with E-state index in [0.29, 0.717) is 10.5 Å². The molecular weight excluding hydrogens is 204 g/mol. The number of hydrogen-bond acceptors (Lipinski definition) is 3. The van der Waals surface area contributed by atoms with Gasteiger partial charge in [0.25, 0.3) is 0 Å². The lowest BCUT2D eigenvalue weighted by Gasteiger charge is -2.27. The van der Waals surface area contributed by atoms with Gasteiger partial charge in [-0.1, -0.05) is 27.7 Å². The first kappa shape index (κ1) is 14.8. The smallest absolute Gasteiger partial charge is 0.104 e. The van der Waals surface area contributed by atoms with Gasteiger partial charge in [0, 0.05) is 5.25 Å². The van der Waals surface area contributed by atoms with Gasteiger partial charge >= 0.3 is 0 Å². The second-order valence-corrected chi connectivity index (χ2v) is 6.59. The summed E-state index contributed by atoms with van der Waals surface area (Å²) < 4.78 is 0. The quantitative estimate of drug-likeness (QED) is 0.727. The number of nitrogens with zero attached hydrogens (tertiary/aromatic N) is 1. The molecule has 0 aromatic carbocycles. The fourth-order valence-electron chi connectivity index (χ4n) is 1.65. The third-order valence-electron chi connectivity index (χ3n) is 2.21. The van der Waals surface area contributed by atoms with Gasteiger partial charge in [0.15, 0.2) is 0 Å². The average molecular weight is 228 g/mol. The molecule has 1 N–H and O–H groups in total. The molecule has 88 valence electrons. The van der Waals surface area contributed by atoms with Gasteiger partial charge in [-0.2, -0.15) is 17.0 Å². The van der Waals surface area contributed by atoms with Crippen LogP contribution in [0.2, 0.25) is 0 Å². The summed E-state index contributed by atoms with van der Waals surface area (Å²) in [7, 11) is 0. The summed E-state index contributed by atoms with van der Waals surface area (Å²) in [5.41, 5.74) is -0.364. The minimum atomic E-state index is -0.364. The van der Waals surface area contributed by atoms with E-state index in [4.69, 9.17) is 0 Å². The van der Waals surface area contributed by atoms with Gasteiger partial charge in [-0.3, -0.25) is 5.32 Å². The molecule has 0 aliphatic heterocycles. The van der Waals surface area contributed by atoms with Crippen molar-refractivity contribution in [2.24, 2.45) is 0 Å². The van der Waals surface area contributed by atoms with Crippen molar-refractivity contribution in [2.45, 2.75) is 63.5 Å². The molecular formula is C12H24N2S. The Bertz CT molecular complexity index is 210. The molecule has 0 aromatic heterocycles. The van der Waals surface area contributed by atoms with Gasteiger partial charge in [-0.05, 0) is 31.6 Å². The molecule has 0 heterocycles. The van der Waals surface area contributed by atoms with E-state index < -0.39 is 0 Å². The number of hydrogen-bond donors (Lipinski definition) is 1. The first-order valence-electron chi connectivity index (χ1n) is 5.75. The number of thioether (sulfide) groups is 1. The van der Waals surface area contributed by atoms with Crippen LogP contribution in [0.4, 0.5) is 0 Å². The number of rotatable bonds is 7. The third kappa shape index (κ3) is 6.81. The molecule has 0 rings (SSSR count). The van der Waals surface area contributed by atoms with E-state index in [2.05, 4.69) is 39.1 Å². The zero-order chi connectivity index (χ0) is 11.9. The lowest BCUT2D eigenvalue weighted by molar-refractivity contribution is 0.418. The van der Waals surface area contributed by atoms with E-state index in [1.165, 1.54) is 0 Å². The van der Waals surface area contributed by atoms with E-state index in [0.717, 1.165) is 19.4 Å². The Labute approximate surface area is 98.8 Å². The highest BCUT2D eigenvalue weighted by molar-refractivity contribution is 8.00. The largest absolute Gasteiger partial charge is 0.300 e. The van der Waals surface area contributed by atoms with Gasteiger partial charge in [0.05, 0.1) is 6.07 Å². The van der Waals surface area contributed by atoms with Gasteiger partial charge in [0.1, 0.15) is 5.54 Å². The van der Waals surface area contributed by atoms with Gasteiger partial charge < -0.3 is 0 Å². The molecule has 2 atom stereocenters. The fourth-order valence-corrected chi connectivity index (χ4v) is 3.00. The molecule has 0 bridgehead atoms. The second-order valence-electron chi connectivity index (χ2n) is 4.57. The Morgan fingerprint density at radius 3 is 2.40 bits per heavy atom. The average Bonchev–Trinajstić information content (AvgIpc) is 2.13. The van der Waals surface area contributed by atoms with Crippen molar-refractivity contribution in [3.63, 3.8) is 0 Å². The van der Waals surface area contributed by atoms with Crippen molar-refractivity contribution in [2.75, 3.05) is 6.54 Å². The van der Waals surface area contributed by atoms with Crippen LogP contribution in [0.5, 0.6) is 0 Å². The Morgan fingerprint density at radius 1 is 1.40 bits per heavy atom. The molecule has 0 saturated carbocycles. The Balaban J connectivity index is 4.13. The van der Waals surface area contributed by atoms with Crippen LogP contribution in [-0.4, -0.2) is 22.6 Å². The summed E-state index contributed by atoms with van der Waals surface area (Å²) >= 11 is 1.94. The van der Waals surface area contributed by atoms with Crippen LogP contribution in [-0.2, 0) is 0 Å². The van der Waals surface area contributed by atoms with E-state index in [1.54, 1.807) is 0 Å². The Hall–Kier alpha value is -0.200. The highest BCUT2D eigenvalue weighted by atomic mass is 32.2. The summed E-state index contributed by atoms with van der Waals surface area (Å²) in [6.45, 7) is 11.6. The number of nitriles is 1. The second kappa shape index (κ2) is 7.14. The van der Waals surface area contributed by atoms with Gasteiger partial charge in [0.2, 0.25) is 0 Å². The molecule has 2 nitrogen and oxygen atoms in total. The standard InChI is InChI=1S/C12H24N2S/c1-6-7-14-12(5,9-13)8-11(4)15-10(2)3/h10-11,14H,6-8H2,1-5H3. The van der Waals surface area contributed by atoms with Crippen LogP contribution in [0.3, 0.4) is 0 Å². The fraction of sp³-hybridized carbons (Fsp3) is 0.917. The minimum absolute atomic E-state index is 0.364. The van der Waals surface area contributed by atoms with Gasteiger partial charge in [-0.15, -0.1) is 0 Å². The predicted molar refractivity (Wildman–Crippen MR) is 69.1 cm³/mol. The molecule has 0 aliphatic carbocycles. The highest BCUT2D eigenvalue weighted by Gasteiger charge is 2.25. The summed E-state index contributed by atoms with van der Waals surface area (Å²) in [5.74, 6) is 0. The van der Waals surface area contributed by atoms with Crippen molar-refractivity contribution in [3.05, 3.63) is 0 Å². The van der Waals surface area contributed by atoms with Crippen molar-refractivity contribution in [1.82, 2.24) is 5.32 Å². The molecule has 0 aromatic rings. The molecule has 3 heteroatoms. The zero-order valence-electron chi connectivity index (χ0n) is 10.6. The van der Waals surface area contributed by atoms with E-state index in [9.17, 15) is 5.26 Å². The molecule has 15 heavy (non-hydrogen) atoms. The monoisotopic (exact) mass is 228 g/mol. The summed E-state index contributed by atoms with van der Waals surface area (Å²) in [6, 6.07) is 2.39. The summed E-state index contributed by atoms with van der Waals surface area (Å²) in [5, 5.41) is 13.7. The van der Waals surface area contributed by atoms with E-state index in [1.807, 2.05) is 18.7 Å². The molecule has 0 saturated heterocycles. The predicted octanol–water partition coefficient (Wildman–Crippen LogP) is 3.19. The van der Waals surface area contributed by atoms with E-state index in [-0.39, 0.29) is 5.54 Å². The normalized spacial score (nSPS) is 17.1. The van der Waals surface area contributed by atoms with Crippen LogP contribution in [0.1, 0.15) is 47.5 Å². The Kier molecular flexibility index (Phi) is 7.04. The molecule has 2 unspecified atom stereocenters. The molecule has 0 spiro atoms. The molecule has 0 fully saturated rings. The highest BCUT2D eigenvalue weighted by Crippen LogP contribution is 2.24. The van der Waals surface area contributed by atoms with Crippen LogP contribution >= 0.6 is 11.8 Å². The minimum Gasteiger partial charge on any atom is -0.300 e. The van der Waals surface area contributed by atoms with Crippen LogP contribution in [0, 0.1) is 11.3 Å². The maximum Gasteiger partial charge on any atom is 0.104 e. The van der Waals surface area contributed by atoms with Crippen LogP contribution < -0.4 is 5.32 Å². The van der Waals surface area contributed by atoms with Crippen molar-refractivity contribution >= 4 is 11.8 Å². The Morgan fingerprint density at radius 2 is 2.00 bits per heavy atom. The van der Waals surface area contributed by atoms with Gasteiger partial charge in [-0.25, -0.2) is 0 Å². The van der Waals surface area contributed by atoms with E-state index >= 15 is 0 Å². The summed E-state index contributed by atoms with van der Waals surface area (Å²) in [4.78, 5) is 0.